The first-order valence-corrected chi connectivity index (χ1v) is 6.95. The molecule has 18 heavy (non-hydrogen) atoms. The van der Waals surface area contributed by atoms with Crippen molar-refractivity contribution in [3.63, 3.8) is 0 Å². The first-order chi connectivity index (χ1) is 8.49. The van der Waals surface area contributed by atoms with Gasteiger partial charge >= 0.3 is 0 Å². The lowest BCUT2D eigenvalue weighted by Gasteiger charge is -2.05. The van der Waals surface area contributed by atoms with Crippen LogP contribution in [0.5, 0.6) is 0 Å². The quantitative estimate of drug-likeness (QED) is 0.915. The molecule has 0 radical (unpaired) electrons. The van der Waals surface area contributed by atoms with Crippen molar-refractivity contribution in [2.75, 3.05) is 0 Å². The minimum absolute atomic E-state index is 0.101. The molecule has 1 N–H and O–H groups in total. The molecule has 0 bridgehead atoms. The third kappa shape index (κ3) is 2.77. The zero-order valence-corrected chi connectivity index (χ0v) is 11.0. The van der Waals surface area contributed by atoms with E-state index < -0.39 is 10.0 Å². The number of hydrogen-bond donors (Lipinski definition) is 1. The van der Waals surface area contributed by atoms with Gasteiger partial charge in [-0.05, 0) is 19.1 Å². The fraction of sp³-hybridized carbons (Fsp3) is 0.250. The Labute approximate surface area is 106 Å². The molecule has 0 saturated carbocycles. The molecule has 2 aromatic rings. The predicted molar refractivity (Wildman–Crippen MR) is 66.4 cm³/mol. The highest BCUT2D eigenvalue weighted by Crippen LogP contribution is 2.12. The second kappa shape index (κ2) is 4.91. The number of sulfonamides is 1. The van der Waals surface area contributed by atoms with Crippen LogP contribution in [0.1, 0.15) is 17.3 Å². The van der Waals surface area contributed by atoms with Gasteiger partial charge in [0.15, 0.2) is 5.89 Å². The molecule has 0 aliphatic rings. The largest absolute Gasteiger partial charge is 0.444 e. The Hall–Kier alpha value is -1.66. The van der Waals surface area contributed by atoms with E-state index in [9.17, 15) is 8.42 Å². The Balaban J connectivity index is 2.13. The highest BCUT2D eigenvalue weighted by Gasteiger charge is 2.15. The summed E-state index contributed by atoms with van der Waals surface area (Å²) in [6, 6.07) is 8.21. The number of benzene rings is 1. The van der Waals surface area contributed by atoms with Crippen LogP contribution in [0.4, 0.5) is 0 Å². The molecule has 0 aliphatic heterocycles. The van der Waals surface area contributed by atoms with E-state index in [1.54, 1.807) is 44.2 Å². The van der Waals surface area contributed by atoms with Gasteiger partial charge in [0.05, 0.1) is 17.1 Å². The number of aryl methyl sites for hydroxylation is 2. The van der Waals surface area contributed by atoms with Crippen LogP contribution in [0.3, 0.4) is 0 Å². The number of aromatic nitrogens is 1. The normalized spacial score (nSPS) is 11.7. The van der Waals surface area contributed by atoms with E-state index in [0.29, 0.717) is 17.3 Å². The van der Waals surface area contributed by atoms with Crippen molar-refractivity contribution < 1.29 is 12.8 Å². The summed E-state index contributed by atoms with van der Waals surface area (Å²) in [7, 11) is -3.50. The van der Waals surface area contributed by atoms with Gasteiger partial charge < -0.3 is 4.42 Å². The van der Waals surface area contributed by atoms with Gasteiger partial charge in [0.2, 0.25) is 10.0 Å². The van der Waals surface area contributed by atoms with Crippen molar-refractivity contribution in [2.45, 2.75) is 25.3 Å². The highest BCUT2D eigenvalue weighted by atomic mass is 32.2. The topological polar surface area (TPSA) is 72.2 Å². The van der Waals surface area contributed by atoms with Gasteiger partial charge in [0, 0.05) is 6.92 Å². The molecule has 0 atom stereocenters. The molecule has 0 fully saturated rings. The Morgan fingerprint density at radius 2 is 1.89 bits per heavy atom. The molecule has 5 nitrogen and oxygen atoms in total. The molecule has 0 unspecified atom stereocenters. The van der Waals surface area contributed by atoms with Crippen molar-refractivity contribution >= 4 is 10.0 Å². The SMILES string of the molecule is Cc1nc(C)c(CNS(=O)(=O)c2ccccc2)o1. The molecule has 6 heteroatoms. The molecule has 0 saturated heterocycles. The number of nitrogens with zero attached hydrogens (tertiary/aromatic N) is 1. The van der Waals surface area contributed by atoms with E-state index in [0.717, 1.165) is 0 Å². The van der Waals surface area contributed by atoms with E-state index in [1.165, 1.54) is 0 Å². The van der Waals surface area contributed by atoms with E-state index in [2.05, 4.69) is 9.71 Å². The summed E-state index contributed by atoms with van der Waals surface area (Å²) in [5, 5.41) is 0. The minimum atomic E-state index is -3.50. The van der Waals surface area contributed by atoms with Gasteiger partial charge in [0.1, 0.15) is 5.76 Å². The molecule has 1 aromatic carbocycles. The molecule has 0 amide bonds. The maximum absolute atomic E-state index is 12.0. The van der Waals surface area contributed by atoms with Crippen LogP contribution in [0, 0.1) is 13.8 Å². The Morgan fingerprint density at radius 3 is 2.44 bits per heavy atom. The van der Waals surface area contributed by atoms with Crippen LogP contribution in [0.25, 0.3) is 0 Å². The van der Waals surface area contributed by atoms with Gasteiger partial charge in [-0.25, -0.2) is 18.1 Å². The van der Waals surface area contributed by atoms with Gasteiger partial charge in [-0.15, -0.1) is 0 Å². The average molecular weight is 266 g/mol. The van der Waals surface area contributed by atoms with Crippen LogP contribution in [-0.2, 0) is 16.6 Å². The Bertz CT molecular complexity index is 633. The van der Waals surface area contributed by atoms with Crippen LogP contribution in [0.15, 0.2) is 39.6 Å². The van der Waals surface area contributed by atoms with Crippen molar-refractivity contribution in [1.82, 2.24) is 9.71 Å². The summed E-state index contributed by atoms with van der Waals surface area (Å²) in [6.45, 7) is 3.61. The van der Waals surface area contributed by atoms with E-state index in [-0.39, 0.29) is 11.4 Å². The second-order valence-corrected chi connectivity index (χ2v) is 5.65. The third-order valence-electron chi connectivity index (χ3n) is 2.48. The average Bonchev–Trinajstić information content (AvgIpc) is 2.67. The maximum atomic E-state index is 12.0. The van der Waals surface area contributed by atoms with Crippen LogP contribution < -0.4 is 4.72 Å². The molecule has 2 rings (SSSR count). The van der Waals surface area contributed by atoms with Gasteiger partial charge in [-0.3, -0.25) is 0 Å². The monoisotopic (exact) mass is 266 g/mol. The van der Waals surface area contributed by atoms with E-state index in [4.69, 9.17) is 4.42 Å². The van der Waals surface area contributed by atoms with E-state index in [1.807, 2.05) is 0 Å². The fourth-order valence-corrected chi connectivity index (χ4v) is 2.58. The van der Waals surface area contributed by atoms with Crippen LogP contribution in [-0.4, -0.2) is 13.4 Å². The fourth-order valence-electron chi connectivity index (χ4n) is 1.58. The zero-order valence-electron chi connectivity index (χ0n) is 10.2. The van der Waals surface area contributed by atoms with Gasteiger partial charge in [0.25, 0.3) is 0 Å². The standard InChI is InChI=1S/C12H14N2O3S/c1-9-12(17-10(2)14-9)8-13-18(15,16)11-6-4-3-5-7-11/h3-7,13H,8H2,1-2H3. The lowest BCUT2D eigenvalue weighted by molar-refractivity contribution is 0.466. The summed E-state index contributed by atoms with van der Waals surface area (Å²) < 4.78 is 31.7. The smallest absolute Gasteiger partial charge is 0.240 e. The number of nitrogens with one attached hydrogen (secondary N) is 1. The Kier molecular flexibility index (Phi) is 3.49. The molecule has 96 valence electrons. The van der Waals surface area contributed by atoms with Gasteiger partial charge in [-0.2, -0.15) is 0 Å². The van der Waals surface area contributed by atoms with Crippen molar-refractivity contribution in [1.29, 1.82) is 0 Å². The predicted octanol–water partition coefficient (Wildman–Crippen LogP) is 1.77. The minimum Gasteiger partial charge on any atom is -0.444 e. The Morgan fingerprint density at radius 1 is 1.22 bits per heavy atom. The summed E-state index contributed by atoms with van der Waals surface area (Å²) in [5.74, 6) is 1.06. The first kappa shape index (κ1) is 12.8. The highest BCUT2D eigenvalue weighted by molar-refractivity contribution is 7.89. The van der Waals surface area contributed by atoms with Gasteiger partial charge in [-0.1, -0.05) is 18.2 Å². The zero-order chi connectivity index (χ0) is 13.2. The van der Waals surface area contributed by atoms with Crippen LogP contribution in [0.2, 0.25) is 0 Å². The van der Waals surface area contributed by atoms with Crippen molar-refractivity contribution in [2.24, 2.45) is 0 Å². The van der Waals surface area contributed by atoms with Crippen molar-refractivity contribution in [3.05, 3.63) is 47.7 Å². The lowest BCUT2D eigenvalue weighted by atomic mass is 10.4. The molecular weight excluding hydrogens is 252 g/mol. The molecule has 1 aromatic heterocycles. The number of hydrogen-bond acceptors (Lipinski definition) is 4. The lowest BCUT2D eigenvalue weighted by Crippen LogP contribution is -2.23. The summed E-state index contributed by atoms with van der Waals surface area (Å²) in [4.78, 5) is 4.32. The molecular formula is C12H14N2O3S. The van der Waals surface area contributed by atoms with E-state index >= 15 is 0 Å². The van der Waals surface area contributed by atoms with Crippen molar-refractivity contribution in [3.8, 4) is 0 Å². The molecule has 0 spiro atoms. The first-order valence-electron chi connectivity index (χ1n) is 5.46. The second-order valence-electron chi connectivity index (χ2n) is 3.88. The van der Waals surface area contributed by atoms with Crippen LogP contribution >= 0.6 is 0 Å². The molecule has 0 aliphatic carbocycles. The maximum Gasteiger partial charge on any atom is 0.240 e. The summed E-state index contributed by atoms with van der Waals surface area (Å²) >= 11 is 0. The number of rotatable bonds is 4. The summed E-state index contributed by atoms with van der Waals surface area (Å²) in [6.07, 6.45) is 0. The number of oxazole rings is 1. The summed E-state index contributed by atoms with van der Waals surface area (Å²) in [5.41, 5.74) is 0.697. The third-order valence-corrected chi connectivity index (χ3v) is 3.89. The molecule has 1 heterocycles.